The molecule has 0 N–H and O–H groups in total. The van der Waals surface area contributed by atoms with E-state index in [0.717, 1.165) is 42.1 Å². The van der Waals surface area contributed by atoms with E-state index in [4.69, 9.17) is 11.6 Å². The summed E-state index contributed by atoms with van der Waals surface area (Å²) in [5, 5.41) is 1.66. The van der Waals surface area contributed by atoms with Crippen LogP contribution in [0.15, 0.2) is 54.7 Å². The first-order chi connectivity index (χ1) is 10.3. The topological polar surface area (TPSA) is 22.0 Å². The Labute approximate surface area is 129 Å². The maximum atomic E-state index is 11.2. The van der Waals surface area contributed by atoms with Gasteiger partial charge in [-0.15, -0.1) is 0 Å². The maximum Gasteiger partial charge on any atom is 0.152 e. The van der Waals surface area contributed by atoms with Crippen LogP contribution in [0.2, 0.25) is 5.02 Å². The quantitative estimate of drug-likeness (QED) is 0.623. The Hall–Kier alpha value is -2.06. The van der Waals surface area contributed by atoms with E-state index in [1.807, 2.05) is 30.5 Å². The number of halogens is 1. The number of nitrogens with zero attached hydrogens (tertiary/aromatic N) is 1. The van der Waals surface area contributed by atoms with Crippen molar-refractivity contribution in [2.45, 2.75) is 19.4 Å². The summed E-state index contributed by atoms with van der Waals surface area (Å²) in [4.78, 5) is 11.2. The highest BCUT2D eigenvalue weighted by atomic mass is 35.5. The van der Waals surface area contributed by atoms with Crippen LogP contribution in [0.4, 0.5) is 0 Å². The molecule has 0 saturated carbocycles. The molecule has 1 heterocycles. The Morgan fingerprint density at radius 2 is 1.90 bits per heavy atom. The summed E-state index contributed by atoms with van der Waals surface area (Å²) in [5.41, 5.74) is 3.08. The van der Waals surface area contributed by atoms with Gasteiger partial charge in [0.1, 0.15) is 0 Å². The van der Waals surface area contributed by atoms with Gasteiger partial charge in [0.2, 0.25) is 0 Å². The largest absolute Gasteiger partial charge is 0.347 e. The van der Waals surface area contributed by atoms with Crippen LogP contribution < -0.4 is 0 Å². The minimum Gasteiger partial charge on any atom is -0.347 e. The normalized spacial score (nSPS) is 10.9. The molecule has 3 rings (SSSR count). The number of aldehydes is 1. The average Bonchev–Trinajstić information content (AvgIpc) is 2.86. The number of fused-ring (bicyclic) bond motifs is 1. The second kappa shape index (κ2) is 6.15. The van der Waals surface area contributed by atoms with Crippen LogP contribution in [-0.4, -0.2) is 10.9 Å². The lowest BCUT2D eigenvalue weighted by Gasteiger charge is -2.06. The van der Waals surface area contributed by atoms with Crippen LogP contribution in [0.1, 0.15) is 22.3 Å². The van der Waals surface area contributed by atoms with Crippen molar-refractivity contribution in [1.29, 1.82) is 0 Å². The summed E-state index contributed by atoms with van der Waals surface area (Å²) >= 11 is 6.07. The van der Waals surface area contributed by atoms with Gasteiger partial charge in [0.05, 0.1) is 5.52 Å². The van der Waals surface area contributed by atoms with E-state index in [-0.39, 0.29) is 0 Å². The van der Waals surface area contributed by atoms with Crippen LogP contribution in [0.25, 0.3) is 10.9 Å². The molecule has 0 aliphatic heterocycles. The van der Waals surface area contributed by atoms with Crippen LogP contribution in [0.3, 0.4) is 0 Å². The number of benzene rings is 2. The fraction of sp³-hybridized carbons (Fsp3) is 0.167. The summed E-state index contributed by atoms with van der Waals surface area (Å²) in [6.07, 6.45) is 4.87. The van der Waals surface area contributed by atoms with Crippen molar-refractivity contribution in [3.05, 3.63) is 70.9 Å². The zero-order chi connectivity index (χ0) is 14.7. The van der Waals surface area contributed by atoms with Gasteiger partial charge in [0.15, 0.2) is 6.29 Å². The lowest BCUT2D eigenvalue weighted by Crippen LogP contribution is -1.98. The summed E-state index contributed by atoms with van der Waals surface area (Å²) in [7, 11) is 0. The van der Waals surface area contributed by atoms with E-state index in [1.54, 1.807) is 0 Å². The third-order valence-electron chi connectivity index (χ3n) is 3.71. The third kappa shape index (κ3) is 3.01. The molecule has 0 radical (unpaired) electrons. The smallest absolute Gasteiger partial charge is 0.152 e. The predicted molar refractivity (Wildman–Crippen MR) is 87.1 cm³/mol. The van der Waals surface area contributed by atoms with Gasteiger partial charge in [-0.1, -0.05) is 48.0 Å². The molecule has 1 aromatic heterocycles. The number of carbonyl (C=O) groups is 1. The molecule has 21 heavy (non-hydrogen) atoms. The standard InChI is InChI=1S/C18H16ClNO/c19-16-8-9-17-15(13-21)12-20(18(17)11-16)10-4-7-14-5-2-1-3-6-14/h1-3,5-6,8-9,11-13H,4,7,10H2. The number of hydrogen-bond donors (Lipinski definition) is 0. The van der Waals surface area contributed by atoms with Gasteiger partial charge in [-0.25, -0.2) is 0 Å². The van der Waals surface area contributed by atoms with Crippen LogP contribution in [0.5, 0.6) is 0 Å². The molecule has 0 atom stereocenters. The molecule has 3 aromatic rings. The van der Waals surface area contributed by atoms with Gasteiger partial charge in [-0.3, -0.25) is 4.79 Å². The van der Waals surface area contributed by atoms with Gasteiger partial charge in [-0.05, 0) is 30.5 Å². The van der Waals surface area contributed by atoms with Gasteiger partial charge >= 0.3 is 0 Å². The van der Waals surface area contributed by atoms with E-state index in [2.05, 4.69) is 28.8 Å². The number of rotatable bonds is 5. The van der Waals surface area contributed by atoms with Gasteiger partial charge in [0.25, 0.3) is 0 Å². The molecule has 2 nitrogen and oxygen atoms in total. The first kappa shape index (κ1) is 13.9. The summed E-state index contributed by atoms with van der Waals surface area (Å²) in [6.45, 7) is 0.875. The molecule has 2 aromatic carbocycles. The number of carbonyl (C=O) groups excluding carboxylic acids is 1. The van der Waals surface area contributed by atoms with E-state index in [1.165, 1.54) is 5.56 Å². The molecule has 0 aliphatic carbocycles. The van der Waals surface area contributed by atoms with Crippen LogP contribution in [0, 0.1) is 0 Å². The summed E-state index contributed by atoms with van der Waals surface area (Å²) < 4.78 is 2.12. The van der Waals surface area contributed by atoms with Crippen molar-refractivity contribution in [3.63, 3.8) is 0 Å². The van der Waals surface area contributed by atoms with Crippen molar-refractivity contribution in [1.82, 2.24) is 4.57 Å². The zero-order valence-corrected chi connectivity index (χ0v) is 12.4. The Balaban J connectivity index is 1.80. The third-order valence-corrected chi connectivity index (χ3v) is 3.94. The molecular formula is C18H16ClNO. The molecule has 106 valence electrons. The van der Waals surface area contributed by atoms with Gasteiger partial charge < -0.3 is 4.57 Å². The number of aryl methyl sites for hydroxylation is 2. The zero-order valence-electron chi connectivity index (χ0n) is 11.6. The van der Waals surface area contributed by atoms with Crippen molar-refractivity contribution in [3.8, 4) is 0 Å². The van der Waals surface area contributed by atoms with Gasteiger partial charge in [0, 0.05) is 28.7 Å². The minimum absolute atomic E-state index is 0.697. The first-order valence-corrected chi connectivity index (χ1v) is 7.43. The predicted octanol–water partition coefficient (Wildman–Crippen LogP) is 4.74. The second-order valence-electron chi connectivity index (χ2n) is 5.15. The number of aromatic nitrogens is 1. The fourth-order valence-corrected chi connectivity index (χ4v) is 2.84. The average molecular weight is 298 g/mol. The van der Waals surface area contributed by atoms with Crippen molar-refractivity contribution < 1.29 is 4.79 Å². The molecular weight excluding hydrogens is 282 g/mol. The van der Waals surface area contributed by atoms with Crippen molar-refractivity contribution >= 4 is 28.8 Å². The molecule has 0 saturated heterocycles. The molecule has 0 spiro atoms. The Kier molecular flexibility index (Phi) is 4.07. The SMILES string of the molecule is O=Cc1cn(CCCc2ccccc2)c2cc(Cl)ccc12. The van der Waals surface area contributed by atoms with Gasteiger partial charge in [-0.2, -0.15) is 0 Å². The Morgan fingerprint density at radius 3 is 2.67 bits per heavy atom. The molecule has 3 heteroatoms. The first-order valence-electron chi connectivity index (χ1n) is 7.05. The van der Waals surface area contributed by atoms with Crippen molar-refractivity contribution in [2.75, 3.05) is 0 Å². The Morgan fingerprint density at radius 1 is 1.10 bits per heavy atom. The van der Waals surface area contributed by atoms with E-state index < -0.39 is 0 Å². The lowest BCUT2D eigenvalue weighted by molar-refractivity contribution is 0.112. The summed E-state index contributed by atoms with van der Waals surface area (Å²) in [6, 6.07) is 16.1. The van der Waals surface area contributed by atoms with Crippen LogP contribution in [-0.2, 0) is 13.0 Å². The second-order valence-corrected chi connectivity index (χ2v) is 5.58. The highest BCUT2D eigenvalue weighted by Crippen LogP contribution is 2.24. The molecule has 0 bridgehead atoms. The van der Waals surface area contributed by atoms with E-state index >= 15 is 0 Å². The molecule has 0 aliphatic rings. The minimum atomic E-state index is 0.697. The highest BCUT2D eigenvalue weighted by Gasteiger charge is 2.08. The number of hydrogen-bond acceptors (Lipinski definition) is 1. The molecule has 0 unspecified atom stereocenters. The Bertz CT molecular complexity index is 761. The highest BCUT2D eigenvalue weighted by molar-refractivity contribution is 6.31. The van der Waals surface area contributed by atoms with E-state index in [9.17, 15) is 4.79 Å². The molecule has 0 fully saturated rings. The molecule has 0 amide bonds. The van der Waals surface area contributed by atoms with Crippen LogP contribution >= 0.6 is 11.6 Å². The fourth-order valence-electron chi connectivity index (χ4n) is 2.67. The summed E-state index contributed by atoms with van der Waals surface area (Å²) in [5.74, 6) is 0. The maximum absolute atomic E-state index is 11.2. The monoisotopic (exact) mass is 297 g/mol. The van der Waals surface area contributed by atoms with E-state index in [0.29, 0.717) is 5.02 Å². The van der Waals surface area contributed by atoms with Crippen molar-refractivity contribution in [2.24, 2.45) is 0 Å². The lowest BCUT2D eigenvalue weighted by atomic mass is 10.1.